The molecule has 0 fully saturated rings. The third-order valence-electron chi connectivity index (χ3n) is 1.90. The predicted octanol–water partition coefficient (Wildman–Crippen LogP) is 2.84. The van der Waals surface area contributed by atoms with Crippen molar-refractivity contribution in [1.82, 2.24) is 0 Å². The van der Waals surface area contributed by atoms with Crippen LogP contribution in [-0.2, 0) is 58.6 Å². The van der Waals surface area contributed by atoms with E-state index in [2.05, 4.69) is 6.92 Å². The molecule has 17 heavy (non-hydrogen) atoms. The number of rotatable bonds is 4. The molecule has 0 aliphatic carbocycles. The summed E-state index contributed by atoms with van der Waals surface area (Å²) in [5.74, 6) is 0. The summed E-state index contributed by atoms with van der Waals surface area (Å²) < 4.78 is 0. The second-order valence-corrected chi connectivity index (χ2v) is 2.81. The van der Waals surface area contributed by atoms with Crippen LogP contribution in [0.5, 0.6) is 0 Å². The van der Waals surface area contributed by atoms with Crippen molar-refractivity contribution in [3.05, 3.63) is 67.3 Å². The van der Waals surface area contributed by atoms with Gasteiger partial charge in [0.25, 0.3) is 0 Å². The van der Waals surface area contributed by atoms with E-state index < -0.39 is 0 Å². The van der Waals surface area contributed by atoms with Crippen molar-refractivity contribution in [2.75, 3.05) is 0 Å². The summed E-state index contributed by atoms with van der Waals surface area (Å²) in [6.45, 7) is 3.55. The number of aldehydes is 1. The predicted molar refractivity (Wildman–Crippen MR) is 64.4 cm³/mol. The first kappa shape index (κ1) is 22.2. The summed E-state index contributed by atoms with van der Waals surface area (Å²) in [6.07, 6.45) is 2.43. The zero-order valence-electron chi connectivity index (χ0n) is 9.80. The van der Waals surface area contributed by atoms with Gasteiger partial charge in [-0.05, 0) is 6.42 Å². The summed E-state index contributed by atoms with van der Waals surface area (Å²) in [4.78, 5) is 10.3. The van der Waals surface area contributed by atoms with Gasteiger partial charge in [-0.1, -0.05) is 35.9 Å². The van der Waals surface area contributed by atoms with Gasteiger partial charge < -0.3 is 17.6 Å². The topological polar surface area (TPSA) is 39.4 Å². The van der Waals surface area contributed by atoms with Crippen LogP contribution in [0.1, 0.15) is 12.0 Å². The molecule has 89 valence electrons. The van der Waals surface area contributed by atoms with E-state index in [4.69, 9.17) is 0 Å². The molecule has 0 aliphatic heterocycles. The minimum atomic E-state index is 0. The average molecular weight is 473 g/mol. The molecule has 2 nitrogen and oxygen atoms in total. The van der Waals surface area contributed by atoms with Crippen molar-refractivity contribution < 1.29 is 58.6 Å². The summed E-state index contributed by atoms with van der Waals surface area (Å²) >= 11 is 0. The Balaban J connectivity index is -0.000000653. The molecule has 0 spiro atoms. The Morgan fingerprint density at radius 3 is 2.24 bits per heavy atom. The molecule has 0 aromatic heterocycles. The van der Waals surface area contributed by atoms with E-state index in [9.17, 15) is 10.2 Å². The molecule has 1 rings (SSSR count). The molecule has 0 atom stereocenters. The standard InChI is InChI=1S/C12H11NO.CH3.W.Y/c1-2-10(8-9-14)12(13)11-6-4-3-5-7-11;;;/h2-7,9H,1,8H2;1H3;;/q-2;-1;;. The van der Waals surface area contributed by atoms with Crippen LogP contribution in [0.4, 0.5) is 0 Å². The SMILES string of the molecule is [CH2-]C=C(CC=O)C(=[N-])c1ccccc1.[CH3-].[W].[Y]. The first-order valence-corrected chi connectivity index (χ1v) is 4.33. The Hall–Kier alpha value is -0.0378. The fraction of sp³-hybridized carbons (Fsp3) is 0.0769. The minimum Gasteiger partial charge on any atom is -0.820 e. The Morgan fingerprint density at radius 2 is 1.82 bits per heavy atom. The number of benzene rings is 1. The van der Waals surface area contributed by atoms with Crippen LogP contribution < -0.4 is 0 Å². The van der Waals surface area contributed by atoms with E-state index in [0.717, 1.165) is 6.29 Å². The molecule has 0 saturated heterocycles. The van der Waals surface area contributed by atoms with Gasteiger partial charge in [-0.3, -0.25) is 0 Å². The van der Waals surface area contributed by atoms with Crippen LogP contribution >= 0.6 is 0 Å². The van der Waals surface area contributed by atoms with E-state index in [1.165, 1.54) is 6.08 Å². The van der Waals surface area contributed by atoms with E-state index in [-0.39, 0.29) is 73.3 Å². The van der Waals surface area contributed by atoms with Gasteiger partial charge in [-0.25, -0.2) is 24.3 Å². The van der Waals surface area contributed by atoms with Gasteiger partial charge >= 0.3 is 0 Å². The Kier molecular flexibility index (Phi) is 16.2. The number of carbonyl (C=O) groups excluding carboxylic acids is 1. The third kappa shape index (κ3) is 7.08. The van der Waals surface area contributed by atoms with Crippen molar-refractivity contribution in [2.45, 2.75) is 6.42 Å². The molecular weight excluding hydrogens is 459 g/mol. The van der Waals surface area contributed by atoms with Crippen molar-refractivity contribution in [1.29, 1.82) is 0 Å². The zero-order valence-corrected chi connectivity index (χ0v) is 15.6. The van der Waals surface area contributed by atoms with Crippen molar-refractivity contribution in [2.24, 2.45) is 0 Å². The van der Waals surface area contributed by atoms with Gasteiger partial charge in [0.15, 0.2) is 0 Å². The molecule has 1 aromatic rings. The molecule has 1 aromatic carbocycles. The molecule has 0 aliphatic rings. The largest absolute Gasteiger partial charge is 0.820 e. The molecule has 0 unspecified atom stereocenters. The van der Waals surface area contributed by atoms with Gasteiger partial charge in [0.1, 0.15) is 6.29 Å². The summed E-state index contributed by atoms with van der Waals surface area (Å²) in [7, 11) is 0. The molecular formula is C13H14NOWY-3. The second kappa shape index (κ2) is 12.4. The molecule has 1 radical (unpaired) electrons. The fourth-order valence-electron chi connectivity index (χ4n) is 1.15. The number of allylic oxidation sites excluding steroid dienone is 2. The van der Waals surface area contributed by atoms with Crippen molar-refractivity contribution >= 4 is 12.0 Å². The van der Waals surface area contributed by atoms with E-state index >= 15 is 0 Å². The van der Waals surface area contributed by atoms with Crippen LogP contribution in [-0.4, -0.2) is 12.0 Å². The second-order valence-electron chi connectivity index (χ2n) is 2.81. The Morgan fingerprint density at radius 1 is 1.29 bits per heavy atom. The minimum absolute atomic E-state index is 0. The maximum absolute atomic E-state index is 10.3. The Labute approximate surface area is 143 Å². The maximum atomic E-state index is 10.3. The summed E-state index contributed by atoms with van der Waals surface area (Å²) in [6, 6.07) is 9.08. The summed E-state index contributed by atoms with van der Waals surface area (Å²) in [5, 5.41) is 9.76. The first-order valence-electron chi connectivity index (χ1n) is 4.33. The monoisotopic (exact) mass is 473 g/mol. The van der Waals surface area contributed by atoms with Gasteiger partial charge in [-0.2, -0.15) is 0 Å². The molecule has 0 heterocycles. The number of hydrogen-bond acceptors (Lipinski definition) is 1. The van der Waals surface area contributed by atoms with E-state index in [1.807, 2.05) is 18.2 Å². The fourth-order valence-corrected chi connectivity index (χ4v) is 1.15. The van der Waals surface area contributed by atoms with Gasteiger partial charge in [0, 0.05) is 53.8 Å². The van der Waals surface area contributed by atoms with Crippen LogP contribution in [0.3, 0.4) is 0 Å². The molecule has 0 amide bonds. The molecule has 0 N–H and O–H groups in total. The Bertz CT molecular complexity index is 363. The van der Waals surface area contributed by atoms with Crippen LogP contribution in [0.15, 0.2) is 42.0 Å². The van der Waals surface area contributed by atoms with Crippen LogP contribution in [0.2, 0.25) is 0 Å². The van der Waals surface area contributed by atoms with Gasteiger partial charge in [0.05, 0.1) is 0 Å². The average Bonchev–Trinajstić information content (AvgIpc) is 2.26. The van der Waals surface area contributed by atoms with Gasteiger partial charge in [-0.15, -0.1) is 0 Å². The zero-order chi connectivity index (χ0) is 10.4. The smallest absolute Gasteiger partial charge is 0.107 e. The quantitative estimate of drug-likeness (QED) is 0.377. The normalized spacial score (nSPS) is 9.06. The number of hydrogen-bond donors (Lipinski definition) is 0. The van der Waals surface area contributed by atoms with Crippen molar-refractivity contribution in [3.8, 4) is 0 Å². The summed E-state index contributed by atoms with van der Waals surface area (Å²) in [5.41, 5.74) is 1.36. The van der Waals surface area contributed by atoms with E-state index in [0.29, 0.717) is 11.1 Å². The number of carbonyl (C=O) groups is 1. The van der Waals surface area contributed by atoms with Gasteiger partial charge in [0.2, 0.25) is 0 Å². The van der Waals surface area contributed by atoms with Crippen LogP contribution in [0, 0.1) is 14.4 Å². The number of nitrogens with zero attached hydrogens (tertiary/aromatic N) is 1. The molecule has 4 heteroatoms. The maximum Gasteiger partial charge on any atom is 0.107 e. The molecule has 0 saturated carbocycles. The third-order valence-corrected chi connectivity index (χ3v) is 1.90. The first-order chi connectivity index (χ1) is 6.79. The van der Waals surface area contributed by atoms with Crippen molar-refractivity contribution in [3.63, 3.8) is 0 Å². The van der Waals surface area contributed by atoms with E-state index in [1.54, 1.807) is 12.1 Å². The van der Waals surface area contributed by atoms with Crippen LogP contribution in [0.25, 0.3) is 5.41 Å². The molecule has 0 bridgehead atoms.